The van der Waals surface area contributed by atoms with Gasteiger partial charge in [0, 0.05) is 36.5 Å². The molecule has 6 heteroatoms. The maximum Gasteiger partial charge on any atom is 0.167 e. The number of unbranched alkanes of at least 4 members (excludes halogenated alkanes) is 1. The van der Waals surface area contributed by atoms with Gasteiger partial charge in [0.25, 0.3) is 0 Å². The molecule has 1 aliphatic rings. The highest BCUT2D eigenvalue weighted by atomic mass is 19.2. The summed E-state index contributed by atoms with van der Waals surface area (Å²) in [4.78, 5) is 0. The number of benzene rings is 2. The highest BCUT2D eigenvalue weighted by molar-refractivity contribution is 5.66. The van der Waals surface area contributed by atoms with Crippen LogP contribution in [0, 0.1) is 23.4 Å². The van der Waals surface area contributed by atoms with Gasteiger partial charge in [0.15, 0.2) is 11.6 Å². The quantitative estimate of drug-likeness (QED) is 0.435. The lowest BCUT2D eigenvalue weighted by Gasteiger charge is -2.29. The molecule has 0 saturated carbocycles. The van der Waals surface area contributed by atoms with E-state index in [1.165, 1.54) is 24.3 Å². The number of hydrogen-bond donors (Lipinski definition) is 0. The molecule has 164 valence electrons. The van der Waals surface area contributed by atoms with E-state index in [0.717, 1.165) is 25.7 Å². The van der Waals surface area contributed by atoms with Crippen LogP contribution in [0.25, 0.3) is 11.1 Å². The van der Waals surface area contributed by atoms with Gasteiger partial charge >= 0.3 is 0 Å². The van der Waals surface area contributed by atoms with Gasteiger partial charge < -0.3 is 14.2 Å². The minimum Gasteiger partial charge on any atom is -0.493 e. The van der Waals surface area contributed by atoms with Gasteiger partial charge in [0.05, 0.1) is 19.3 Å². The summed E-state index contributed by atoms with van der Waals surface area (Å²) in [5.41, 5.74) is 0.0778. The van der Waals surface area contributed by atoms with E-state index in [1.807, 2.05) is 6.92 Å². The Bertz CT molecular complexity index is 833. The van der Waals surface area contributed by atoms with Crippen molar-refractivity contribution in [2.24, 2.45) is 5.92 Å². The molecule has 0 N–H and O–H groups in total. The molecule has 0 radical (unpaired) electrons. The Kier molecular flexibility index (Phi) is 8.16. The summed E-state index contributed by atoms with van der Waals surface area (Å²) in [7, 11) is 1.65. The number of halogens is 3. The fourth-order valence-electron chi connectivity index (χ4n) is 3.72. The lowest BCUT2D eigenvalue weighted by molar-refractivity contribution is -0.0263. The van der Waals surface area contributed by atoms with Gasteiger partial charge in [-0.05, 0) is 43.7 Å². The summed E-state index contributed by atoms with van der Waals surface area (Å²) >= 11 is 0. The Morgan fingerprint density at radius 1 is 1.00 bits per heavy atom. The van der Waals surface area contributed by atoms with Crippen LogP contribution in [-0.2, 0) is 9.47 Å². The summed E-state index contributed by atoms with van der Waals surface area (Å²) in [6.07, 6.45) is 3.70. The Morgan fingerprint density at radius 3 is 2.47 bits per heavy atom. The Balaban J connectivity index is 1.74. The van der Waals surface area contributed by atoms with E-state index in [9.17, 15) is 13.2 Å². The van der Waals surface area contributed by atoms with Crippen molar-refractivity contribution in [1.82, 2.24) is 0 Å². The number of hydrogen-bond acceptors (Lipinski definition) is 3. The number of ether oxygens (including phenoxy) is 3. The first-order valence-corrected chi connectivity index (χ1v) is 10.6. The predicted molar refractivity (Wildman–Crippen MR) is 110 cm³/mol. The Labute approximate surface area is 176 Å². The van der Waals surface area contributed by atoms with E-state index in [-0.39, 0.29) is 16.7 Å². The van der Waals surface area contributed by atoms with Crippen LogP contribution >= 0.6 is 0 Å². The molecule has 0 spiro atoms. The van der Waals surface area contributed by atoms with Gasteiger partial charge in [0.1, 0.15) is 11.6 Å². The Morgan fingerprint density at radius 2 is 1.80 bits per heavy atom. The molecule has 2 aromatic carbocycles. The van der Waals surface area contributed by atoms with E-state index in [1.54, 1.807) is 13.2 Å². The van der Waals surface area contributed by atoms with E-state index in [4.69, 9.17) is 14.2 Å². The summed E-state index contributed by atoms with van der Waals surface area (Å²) in [6, 6.07) is 7.12. The Hall–Kier alpha value is -2.05. The van der Waals surface area contributed by atoms with E-state index < -0.39 is 23.6 Å². The first-order valence-electron chi connectivity index (χ1n) is 10.6. The topological polar surface area (TPSA) is 27.7 Å². The molecule has 0 bridgehead atoms. The molecule has 2 atom stereocenters. The van der Waals surface area contributed by atoms with Crippen molar-refractivity contribution in [2.45, 2.75) is 45.1 Å². The molecular weight excluding hydrogens is 393 g/mol. The zero-order valence-corrected chi connectivity index (χ0v) is 17.6. The fraction of sp³-hybridized carbons (Fsp3) is 0.500. The maximum atomic E-state index is 14.8. The molecule has 2 aromatic rings. The normalized spacial score (nSPS) is 19.1. The minimum atomic E-state index is -1.06. The highest BCUT2D eigenvalue weighted by Crippen LogP contribution is 2.37. The monoisotopic (exact) mass is 422 g/mol. The van der Waals surface area contributed by atoms with E-state index in [0.29, 0.717) is 37.9 Å². The van der Waals surface area contributed by atoms with Gasteiger partial charge in [-0.15, -0.1) is 0 Å². The van der Waals surface area contributed by atoms with Gasteiger partial charge in [-0.1, -0.05) is 25.5 Å². The van der Waals surface area contributed by atoms with Crippen LogP contribution in [0.4, 0.5) is 13.2 Å². The van der Waals surface area contributed by atoms with Gasteiger partial charge in [-0.3, -0.25) is 0 Å². The molecule has 30 heavy (non-hydrogen) atoms. The summed E-state index contributed by atoms with van der Waals surface area (Å²) in [5.74, 6) is -1.95. The highest BCUT2D eigenvalue weighted by Gasteiger charge is 2.27. The molecule has 0 aliphatic carbocycles. The average Bonchev–Trinajstić information content (AvgIpc) is 2.75. The van der Waals surface area contributed by atoms with Crippen LogP contribution in [0.1, 0.15) is 50.7 Å². The van der Waals surface area contributed by atoms with Crippen molar-refractivity contribution in [3.63, 3.8) is 0 Å². The van der Waals surface area contributed by atoms with Crippen molar-refractivity contribution >= 4 is 0 Å². The third kappa shape index (κ3) is 5.35. The molecule has 1 aliphatic heterocycles. The van der Waals surface area contributed by atoms with Crippen LogP contribution in [0.2, 0.25) is 0 Å². The molecule has 1 fully saturated rings. The standard InChI is InChI=1S/C24H29F3O3/c1-3-4-12-29-17-6-7-18(21(25)14-17)19-8-9-20(24(27)23(19)26)22-10-5-16(15-30-22)11-13-28-2/h6-9,14,16,22H,3-5,10-13,15H2,1-2H3. The zero-order chi connectivity index (χ0) is 21.5. The largest absolute Gasteiger partial charge is 0.493 e. The maximum absolute atomic E-state index is 14.8. The third-order valence-corrected chi connectivity index (χ3v) is 5.56. The summed E-state index contributed by atoms with van der Waals surface area (Å²) in [6.45, 7) is 3.67. The van der Waals surface area contributed by atoms with E-state index in [2.05, 4.69) is 0 Å². The van der Waals surface area contributed by atoms with Gasteiger partial charge in [0.2, 0.25) is 0 Å². The molecule has 3 rings (SSSR count). The van der Waals surface area contributed by atoms with Crippen LogP contribution < -0.4 is 4.74 Å². The third-order valence-electron chi connectivity index (χ3n) is 5.56. The van der Waals surface area contributed by atoms with Crippen molar-refractivity contribution in [1.29, 1.82) is 0 Å². The van der Waals surface area contributed by atoms with Crippen LogP contribution in [0.5, 0.6) is 5.75 Å². The fourth-order valence-corrected chi connectivity index (χ4v) is 3.72. The van der Waals surface area contributed by atoms with E-state index >= 15 is 0 Å². The van der Waals surface area contributed by atoms with Crippen LogP contribution in [0.15, 0.2) is 30.3 Å². The smallest absolute Gasteiger partial charge is 0.167 e. The molecule has 2 unspecified atom stereocenters. The second kappa shape index (κ2) is 10.8. The lowest BCUT2D eigenvalue weighted by Crippen LogP contribution is -2.22. The number of methoxy groups -OCH3 is 1. The van der Waals surface area contributed by atoms with Crippen LogP contribution in [0.3, 0.4) is 0 Å². The molecule has 1 saturated heterocycles. The predicted octanol–water partition coefficient (Wildman–Crippen LogP) is 6.45. The zero-order valence-electron chi connectivity index (χ0n) is 17.6. The SMILES string of the molecule is CCCCOc1ccc(-c2ccc(C3CCC(CCOC)CO3)c(F)c2F)c(F)c1. The number of rotatable bonds is 9. The van der Waals surface area contributed by atoms with Gasteiger partial charge in [-0.2, -0.15) is 0 Å². The van der Waals surface area contributed by atoms with Crippen molar-refractivity contribution in [2.75, 3.05) is 26.9 Å². The summed E-state index contributed by atoms with van der Waals surface area (Å²) in [5, 5.41) is 0. The summed E-state index contributed by atoms with van der Waals surface area (Å²) < 4.78 is 60.6. The first-order chi connectivity index (χ1) is 14.5. The van der Waals surface area contributed by atoms with Crippen molar-refractivity contribution < 1.29 is 27.4 Å². The molecule has 0 aromatic heterocycles. The molecular formula is C24H29F3O3. The van der Waals surface area contributed by atoms with Crippen molar-refractivity contribution in [3.8, 4) is 16.9 Å². The molecule has 0 amide bonds. The first kappa shape index (κ1) is 22.6. The van der Waals surface area contributed by atoms with Gasteiger partial charge in [-0.25, -0.2) is 13.2 Å². The lowest BCUT2D eigenvalue weighted by atomic mass is 9.91. The second-order valence-corrected chi connectivity index (χ2v) is 7.72. The van der Waals surface area contributed by atoms with Crippen molar-refractivity contribution in [3.05, 3.63) is 53.3 Å². The average molecular weight is 422 g/mol. The minimum absolute atomic E-state index is 0.00461. The molecule has 3 nitrogen and oxygen atoms in total. The van der Waals surface area contributed by atoms with Crippen LogP contribution in [-0.4, -0.2) is 26.9 Å². The second-order valence-electron chi connectivity index (χ2n) is 7.72. The molecule has 1 heterocycles.